The molecule has 0 spiro atoms. The van der Waals surface area contributed by atoms with E-state index in [2.05, 4.69) is 0 Å². The minimum absolute atomic E-state index is 0.293. The van der Waals surface area contributed by atoms with Crippen LogP contribution in [0.2, 0.25) is 10.0 Å². The van der Waals surface area contributed by atoms with Gasteiger partial charge in [0.15, 0.2) is 15.2 Å². The third kappa shape index (κ3) is 2.97. The standard InChI is InChI=1S/C16H13Cl2NO4S/c1-23-14-7-6-12(8-13(14)18)19-15(20)9-24(21,22)16(19)10-2-4-11(17)5-3-10/h2-8,16H,9H2,1H3. The normalized spacial score (nSPS) is 19.5. The van der Waals surface area contributed by atoms with Crippen LogP contribution < -0.4 is 9.64 Å². The molecule has 1 saturated heterocycles. The Balaban J connectivity index is 2.11. The molecule has 2 aromatic rings. The number of carbonyl (C=O) groups excluding carboxylic acids is 1. The molecular formula is C16H13Cl2NO4S. The Hall–Kier alpha value is -1.76. The minimum atomic E-state index is -3.67. The molecule has 5 nitrogen and oxygen atoms in total. The average molecular weight is 386 g/mol. The number of methoxy groups -OCH3 is 1. The van der Waals surface area contributed by atoms with Crippen molar-refractivity contribution in [3.05, 3.63) is 58.1 Å². The van der Waals surface area contributed by atoms with Gasteiger partial charge in [-0.25, -0.2) is 8.42 Å². The second kappa shape index (κ2) is 6.27. The van der Waals surface area contributed by atoms with Gasteiger partial charge in [-0.15, -0.1) is 0 Å². The predicted molar refractivity (Wildman–Crippen MR) is 93.5 cm³/mol. The van der Waals surface area contributed by atoms with E-state index in [-0.39, 0.29) is 0 Å². The first kappa shape index (κ1) is 17.1. The number of nitrogens with zero attached hydrogens (tertiary/aromatic N) is 1. The fourth-order valence-corrected chi connectivity index (χ4v) is 4.83. The number of amides is 1. The summed E-state index contributed by atoms with van der Waals surface area (Å²) in [7, 11) is -2.19. The summed E-state index contributed by atoms with van der Waals surface area (Å²) in [6, 6.07) is 11.1. The molecule has 1 aliphatic rings. The zero-order valence-corrected chi connectivity index (χ0v) is 14.9. The number of hydrogen-bond acceptors (Lipinski definition) is 4. The van der Waals surface area contributed by atoms with E-state index >= 15 is 0 Å². The fraction of sp³-hybridized carbons (Fsp3) is 0.188. The Labute approximate surface area is 149 Å². The smallest absolute Gasteiger partial charge is 0.243 e. The first-order valence-electron chi connectivity index (χ1n) is 6.96. The number of sulfone groups is 1. The van der Waals surface area contributed by atoms with Crippen LogP contribution in [0.3, 0.4) is 0 Å². The maximum atomic E-state index is 12.5. The maximum absolute atomic E-state index is 12.5. The molecule has 0 N–H and O–H groups in total. The Morgan fingerprint density at radius 1 is 1.12 bits per heavy atom. The van der Waals surface area contributed by atoms with E-state index in [0.29, 0.717) is 27.0 Å². The first-order valence-corrected chi connectivity index (χ1v) is 9.43. The van der Waals surface area contributed by atoms with E-state index in [1.165, 1.54) is 18.1 Å². The van der Waals surface area contributed by atoms with Gasteiger partial charge in [0.05, 0.1) is 12.1 Å². The van der Waals surface area contributed by atoms with E-state index in [4.69, 9.17) is 27.9 Å². The van der Waals surface area contributed by atoms with Crippen molar-refractivity contribution in [1.82, 2.24) is 0 Å². The molecular weight excluding hydrogens is 373 g/mol. The highest BCUT2D eigenvalue weighted by Crippen LogP contribution is 2.40. The van der Waals surface area contributed by atoms with Gasteiger partial charge in [0.25, 0.3) is 0 Å². The highest BCUT2D eigenvalue weighted by atomic mass is 35.5. The van der Waals surface area contributed by atoms with Gasteiger partial charge in [-0.2, -0.15) is 0 Å². The molecule has 0 aliphatic carbocycles. The predicted octanol–water partition coefficient (Wildman–Crippen LogP) is 3.46. The number of benzene rings is 2. The molecule has 1 amide bonds. The van der Waals surface area contributed by atoms with Crippen LogP contribution in [-0.2, 0) is 14.6 Å². The van der Waals surface area contributed by atoms with Crippen LogP contribution in [0.1, 0.15) is 10.9 Å². The van der Waals surface area contributed by atoms with Gasteiger partial charge in [0, 0.05) is 10.7 Å². The molecule has 24 heavy (non-hydrogen) atoms. The van der Waals surface area contributed by atoms with Gasteiger partial charge >= 0.3 is 0 Å². The molecule has 0 radical (unpaired) electrons. The second-order valence-electron chi connectivity index (χ2n) is 5.29. The average Bonchev–Trinajstić information content (AvgIpc) is 2.77. The van der Waals surface area contributed by atoms with Crippen molar-refractivity contribution in [3.8, 4) is 5.75 Å². The van der Waals surface area contributed by atoms with Crippen molar-refractivity contribution in [2.75, 3.05) is 17.8 Å². The molecule has 1 unspecified atom stereocenters. The molecule has 0 aromatic heterocycles. The van der Waals surface area contributed by atoms with Crippen molar-refractivity contribution >= 4 is 44.6 Å². The summed E-state index contributed by atoms with van der Waals surface area (Å²) < 4.78 is 30.1. The van der Waals surface area contributed by atoms with Gasteiger partial charge in [0.1, 0.15) is 11.5 Å². The molecule has 1 fully saturated rings. The minimum Gasteiger partial charge on any atom is -0.495 e. The first-order chi connectivity index (χ1) is 11.3. The van der Waals surface area contributed by atoms with E-state index in [1.54, 1.807) is 36.4 Å². The summed E-state index contributed by atoms with van der Waals surface area (Å²) in [6.07, 6.45) is 0. The zero-order chi connectivity index (χ0) is 17.5. The summed E-state index contributed by atoms with van der Waals surface area (Å²) >= 11 is 12.0. The van der Waals surface area contributed by atoms with Gasteiger partial charge < -0.3 is 4.74 Å². The molecule has 0 bridgehead atoms. The second-order valence-corrected chi connectivity index (χ2v) is 8.20. The lowest BCUT2D eigenvalue weighted by Crippen LogP contribution is -2.29. The lowest BCUT2D eigenvalue weighted by Gasteiger charge is -2.24. The molecule has 1 heterocycles. The third-order valence-electron chi connectivity index (χ3n) is 3.74. The van der Waals surface area contributed by atoms with Gasteiger partial charge in [-0.3, -0.25) is 9.69 Å². The number of anilines is 1. The van der Waals surface area contributed by atoms with Crippen LogP contribution in [0, 0.1) is 0 Å². The summed E-state index contributed by atoms with van der Waals surface area (Å²) in [5.74, 6) is -0.613. The summed E-state index contributed by atoms with van der Waals surface area (Å²) in [5.41, 5.74) is 0.865. The number of hydrogen-bond donors (Lipinski definition) is 0. The van der Waals surface area contributed by atoms with Crippen molar-refractivity contribution in [2.45, 2.75) is 5.37 Å². The number of rotatable bonds is 3. The topological polar surface area (TPSA) is 63.7 Å². The Bertz CT molecular complexity index is 897. The summed E-state index contributed by atoms with van der Waals surface area (Å²) in [4.78, 5) is 13.6. The van der Waals surface area contributed by atoms with Crippen molar-refractivity contribution < 1.29 is 17.9 Å². The monoisotopic (exact) mass is 385 g/mol. The van der Waals surface area contributed by atoms with Crippen LogP contribution in [-0.4, -0.2) is 27.2 Å². The highest BCUT2D eigenvalue weighted by molar-refractivity contribution is 7.93. The quantitative estimate of drug-likeness (QED) is 0.811. The Morgan fingerprint density at radius 2 is 1.79 bits per heavy atom. The third-order valence-corrected chi connectivity index (χ3v) is 6.10. The van der Waals surface area contributed by atoms with E-state index < -0.39 is 26.9 Å². The van der Waals surface area contributed by atoms with Gasteiger partial charge in [-0.05, 0) is 35.9 Å². The molecule has 1 atom stereocenters. The van der Waals surface area contributed by atoms with E-state index in [0.717, 1.165) is 0 Å². The van der Waals surface area contributed by atoms with Crippen molar-refractivity contribution in [1.29, 1.82) is 0 Å². The van der Waals surface area contributed by atoms with Gasteiger partial charge in [-0.1, -0.05) is 35.3 Å². The number of ether oxygens (including phenoxy) is 1. The molecule has 2 aromatic carbocycles. The van der Waals surface area contributed by atoms with Crippen LogP contribution in [0.5, 0.6) is 5.75 Å². The van der Waals surface area contributed by atoms with Crippen molar-refractivity contribution in [3.63, 3.8) is 0 Å². The Morgan fingerprint density at radius 3 is 2.38 bits per heavy atom. The van der Waals surface area contributed by atoms with Crippen molar-refractivity contribution in [2.24, 2.45) is 0 Å². The summed E-state index contributed by atoms with van der Waals surface area (Å²) in [5, 5.41) is -0.326. The molecule has 3 rings (SSSR count). The van der Waals surface area contributed by atoms with E-state index in [9.17, 15) is 13.2 Å². The molecule has 8 heteroatoms. The number of halogens is 2. The van der Waals surface area contributed by atoms with E-state index in [1.807, 2.05) is 0 Å². The van der Waals surface area contributed by atoms with Crippen LogP contribution in [0.25, 0.3) is 0 Å². The van der Waals surface area contributed by atoms with Crippen LogP contribution in [0.15, 0.2) is 42.5 Å². The molecule has 1 aliphatic heterocycles. The lowest BCUT2D eigenvalue weighted by molar-refractivity contribution is -0.115. The lowest BCUT2D eigenvalue weighted by atomic mass is 10.2. The fourth-order valence-electron chi connectivity index (χ4n) is 2.68. The highest BCUT2D eigenvalue weighted by Gasteiger charge is 2.45. The van der Waals surface area contributed by atoms with Gasteiger partial charge in [0.2, 0.25) is 5.91 Å². The summed E-state index contributed by atoms with van der Waals surface area (Å²) in [6.45, 7) is 0. The Kier molecular flexibility index (Phi) is 4.46. The maximum Gasteiger partial charge on any atom is 0.243 e. The number of carbonyl (C=O) groups is 1. The SMILES string of the molecule is COc1ccc(N2C(=O)CS(=O)(=O)C2c2ccc(Cl)cc2)cc1Cl. The van der Waals surface area contributed by atoms with Crippen LogP contribution in [0.4, 0.5) is 5.69 Å². The largest absolute Gasteiger partial charge is 0.495 e. The zero-order valence-electron chi connectivity index (χ0n) is 12.6. The van der Waals surface area contributed by atoms with Crippen LogP contribution >= 0.6 is 23.2 Å². The molecule has 126 valence electrons. The molecule has 0 saturated carbocycles.